The number of fused-ring (bicyclic) bond motifs is 1. The van der Waals surface area contributed by atoms with Crippen LogP contribution in [0.2, 0.25) is 0 Å². The molecule has 1 atom stereocenters. The highest BCUT2D eigenvalue weighted by atomic mass is 15.4. The van der Waals surface area contributed by atoms with Crippen molar-refractivity contribution in [2.45, 2.75) is 38.6 Å². The van der Waals surface area contributed by atoms with Gasteiger partial charge in [0.2, 0.25) is 0 Å². The number of anilines is 1. The monoisotopic (exact) mass is 376 g/mol. The Hall–Kier alpha value is -2.47. The summed E-state index contributed by atoms with van der Waals surface area (Å²) in [7, 11) is 0. The number of nitrogens with zero attached hydrogens (tertiary/aromatic N) is 6. The predicted octanol–water partition coefficient (Wildman–Crippen LogP) is 3.49. The summed E-state index contributed by atoms with van der Waals surface area (Å²) in [5, 5.41) is 4.44. The highest BCUT2D eigenvalue weighted by Crippen LogP contribution is 2.28. The van der Waals surface area contributed by atoms with Gasteiger partial charge in [0.25, 0.3) is 5.78 Å². The molecule has 28 heavy (non-hydrogen) atoms. The molecule has 2 aromatic heterocycles. The van der Waals surface area contributed by atoms with Crippen LogP contribution in [0.5, 0.6) is 0 Å². The number of hydrogen-bond donors (Lipinski definition) is 0. The van der Waals surface area contributed by atoms with Gasteiger partial charge in [-0.15, -0.1) is 0 Å². The van der Waals surface area contributed by atoms with E-state index in [-0.39, 0.29) is 0 Å². The number of rotatable bonds is 3. The Balaban J connectivity index is 1.38. The van der Waals surface area contributed by atoms with Crippen LogP contribution in [0.1, 0.15) is 32.6 Å². The van der Waals surface area contributed by atoms with Gasteiger partial charge < -0.3 is 4.90 Å². The quantitative estimate of drug-likeness (QED) is 0.700. The number of likely N-dealkylation sites (tertiary alicyclic amines) is 1. The molecule has 0 bridgehead atoms. The maximum absolute atomic E-state index is 4.71. The van der Waals surface area contributed by atoms with E-state index in [0.717, 1.165) is 42.1 Å². The third-order valence-corrected chi connectivity index (χ3v) is 6.30. The molecule has 0 amide bonds. The summed E-state index contributed by atoms with van der Waals surface area (Å²) in [6.45, 7) is 7.05. The molecule has 3 aromatic rings. The Bertz CT molecular complexity index is 929. The summed E-state index contributed by atoms with van der Waals surface area (Å²) in [5.74, 6) is 2.62. The van der Waals surface area contributed by atoms with Gasteiger partial charge in [0, 0.05) is 37.3 Å². The zero-order chi connectivity index (χ0) is 18.9. The molecule has 0 aliphatic carbocycles. The highest BCUT2D eigenvalue weighted by Gasteiger charge is 2.28. The standard InChI is InChI=1S/C22H28N6/c1-17-6-5-11-27(15-17)19-9-12-26(13-10-19)21-14-20(18-7-3-2-4-8-18)25-22-23-16-24-28(21)22/h2-4,7-8,14,16-17,19H,5-6,9-13,15H2,1H3/t17-/m1/s1. The molecule has 2 fully saturated rings. The van der Waals surface area contributed by atoms with Gasteiger partial charge in [-0.1, -0.05) is 37.3 Å². The molecule has 1 aromatic carbocycles. The number of piperidine rings is 2. The van der Waals surface area contributed by atoms with Gasteiger partial charge in [0.15, 0.2) is 0 Å². The maximum Gasteiger partial charge on any atom is 0.254 e. The van der Waals surface area contributed by atoms with Gasteiger partial charge in [-0.05, 0) is 38.1 Å². The summed E-state index contributed by atoms with van der Waals surface area (Å²) in [5.41, 5.74) is 2.08. The molecule has 0 N–H and O–H groups in total. The molecule has 146 valence electrons. The molecule has 2 saturated heterocycles. The van der Waals surface area contributed by atoms with Crippen molar-refractivity contribution in [1.29, 1.82) is 0 Å². The fourth-order valence-electron chi connectivity index (χ4n) is 4.80. The van der Waals surface area contributed by atoms with Crippen molar-refractivity contribution in [2.75, 3.05) is 31.1 Å². The van der Waals surface area contributed by atoms with Crippen molar-refractivity contribution in [1.82, 2.24) is 24.5 Å². The summed E-state index contributed by atoms with van der Waals surface area (Å²) >= 11 is 0. The first-order valence-corrected chi connectivity index (χ1v) is 10.5. The molecule has 4 heterocycles. The Morgan fingerprint density at radius 2 is 1.82 bits per heavy atom. The number of aromatic nitrogens is 4. The first-order valence-electron chi connectivity index (χ1n) is 10.5. The van der Waals surface area contributed by atoms with Crippen LogP contribution in [-0.2, 0) is 0 Å². The van der Waals surface area contributed by atoms with E-state index in [0.29, 0.717) is 5.78 Å². The average molecular weight is 377 g/mol. The molecule has 2 aliphatic heterocycles. The maximum atomic E-state index is 4.71. The Labute approximate surface area is 166 Å². The van der Waals surface area contributed by atoms with E-state index in [9.17, 15) is 0 Å². The van der Waals surface area contributed by atoms with Gasteiger partial charge in [0.05, 0.1) is 5.69 Å². The van der Waals surface area contributed by atoms with Crippen molar-refractivity contribution < 1.29 is 0 Å². The second-order valence-corrected chi connectivity index (χ2v) is 8.30. The average Bonchev–Trinajstić information content (AvgIpc) is 3.23. The lowest BCUT2D eigenvalue weighted by Crippen LogP contribution is -2.48. The minimum absolute atomic E-state index is 0.670. The number of benzene rings is 1. The molecule has 5 rings (SSSR count). The van der Waals surface area contributed by atoms with Crippen LogP contribution in [0.4, 0.5) is 5.82 Å². The van der Waals surface area contributed by atoms with Crippen molar-refractivity contribution in [3.8, 4) is 11.3 Å². The second kappa shape index (κ2) is 7.51. The molecule has 0 saturated carbocycles. The lowest BCUT2D eigenvalue weighted by Gasteiger charge is -2.42. The van der Waals surface area contributed by atoms with Crippen LogP contribution in [0.15, 0.2) is 42.7 Å². The Kier molecular flexibility index (Phi) is 4.72. The summed E-state index contributed by atoms with van der Waals surface area (Å²) in [6, 6.07) is 13.2. The Morgan fingerprint density at radius 3 is 2.61 bits per heavy atom. The van der Waals surface area contributed by atoms with Gasteiger partial charge in [-0.3, -0.25) is 4.90 Å². The zero-order valence-corrected chi connectivity index (χ0v) is 16.5. The van der Waals surface area contributed by atoms with Gasteiger partial charge in [-0.2, -0.15) is 14.6 Å². The van der Waals surface area contributed by atoms with Crippen LogP contribution in [0.3, 0.4) is 0 Å². The topological polar surface area (TPSA) is 49.6 Å². The fraction of sp³-hybridized carbons (Fsp3) is 0.500. The third-order valence-electron chi connectivity index (χ3n) is 6.30. The van der Waals surface area contributed by atoms with E-state index in [4.69, 9.17) is 4.98 Å². The molecule has 0 unspecified atom stereocenters. The minimum atomic E-state index is 0.670. The van der Waals surface area contributed by atoms with Crippen LogP contribution < -0.4 is 4.90 Å². The molecule has 0 radical (unpaired) electrons. The summed E-state index contributed by atoms with van der Waals surface area (Å²) in [4.78, 5) is 14.3. The van der Waals surface area contributed by atoms with E-state index in [2.05, 4.69) is 57.1 Å². The lowest BCUT2D eigenvalue weighted by molar-refractivity contribution is 0.112. The van der Waals surface area contributed by atoms with Gasteiger partial charge >= 0.3 is 0 Å². The lowest BCUT2D eigenvalue weighted by atomic mass is 9.95. The first-order chi connectivity index (χ1) is 13.8. The molecule has 6 heteroatoms. The van der Waals surface area contributed by atoms with Crippen molar-refractivity contribution in [2.24, 2.45) is 5.92 Å². The van der Waals surface area contributed by atoms with Crippen LogP contribution in [0.25, 0.3) is 17.0 Å². The van der Waals surface area contributed by atoms with Crippen molar-refractivity contribution in [3.05, 3.63) is 42.7 Å². The molecule has 6 nitrogen and oxygen atoms in total. The normalized spacial score (nSPS) is 22.0. The van der Waals surface area contributed by atoms with E-state index in [1.807, 2.05) is 10.6 Å². The van der Waals surface area contributed by atoms with Gasteiger partial charge in [0.1, 0.15) is 12.1 Å². The van der Waals surface area contributed by atoms with Crippen molar-refractivity contribution >= 4 is 11.6 Å². The van der Waals surface area contributed by atoms with Crippen LogP contribution in [-0.4, -0.2) is 56.7 Å². The van der Waals surface area contributed by atoms with Crippen LogP contribution in [0, 0.1) is 5.92 Å². The molecule has 2 aliphatic rings. The first kappa shape index (κ1) is 17.6. The van der Waals surface area contributed by atoms with Crippen LogP contribution >= 0.6 is 0 Å². The molecule has 0 spiro atoms. The third kappa shape index (κ3) is 3.37. The summed E-state index contributed by atoms with van der Waals surface area (Å²) < 4.78 is 1.88. The van der Waals surface area contributed by atoms with Gasteiger partial charge in [-0.25, -0.2) is 4.98 Å². The SMILES string of the molecule is C[C@@H]1CCCN(C2CCN(c3cc(-c4ccccc4)nc4ncnn34)CC2)C1. The van der Waals surface area contributed by atoms with E-state index in [1.54, 1.807) is 6.33 Å². The van der Waals surface area contributed by atoms with E-state index >= 15 is 0 Å². The van der Waals surface area contributed by atoms with E-state index < -0.39 is 0 Å². The van der Waals surface area contributed by atoms with E-state index in [1.165, 1.54) is 38.8 Å². The summed E-state index contributed by atoms with van der Waals surface area (Å²) in [6.07, 6.45) is 6.77. The highest BCUT2D eigenvalue weighted by molar-refractivity contribution is 5.65. The zero-order valence-electron chi connectivity index (χ0n) is 16.5. The largest absolute Gasteiger partial charge is 0.356 e. The number of hydrogen-bond acceptors (Lipinski definition) is 5. The minimum Gasteiger partial charge on any atom is -0.356 e. The smallest absolute Gasteiger partial charge is 0.254 e. The molecular formula is C22H28N6. The second-order valence-electron chi connectivity index (χ2n) is 8.30. The predicted molar refractivity (Wildman–Crippen MR) is 111 cm³/mol. The molecular weight excluding hydrogens is 348 g/mol. The Morgan fingerprint density at radius 1 is 1.00 bits per heavy atom. The fourth-order valence-corrected chi connectivity index (χ4v) is 4.80. The van der Waals surface area contributed by atoms with Crippen molar-refractivity contribution in [3.63, 3.8) is 0 Å².